The summed E-state index contributed by atoms with van der Waals surface area (Å²) in [5, 5.41) is 2.93. The van der Waals surface area contributed by atoms with Gasteiger partial charge in [0.2, 0.25) is 0 Å². The van der Waals surface area contributed by atoms with Gasteiger partial charge in [-0.1, -0.05) is 13.8 Å². The quantitative estimate of drug-likeness (QED) is 0.835. The first-order chi connectivity index (χ1) is 9.64. The molecule has 1 saturated heterocycles. The number of carbonyl (C=O) groups is 1. The Labute approximate surface area is 129 Å². The van der Waals surface area contributed by atoms with Crippen molar-refractivity contribution in [3.05, 3.63) is 0 Å². The van der Waals surface area contributed by atoms with Gasteiger partial charge in [0, 0.05) is 25.2 Å². The molecule has 0 aliphatic carbocycles. The topological polar surface area (TPSA) is 67.6 Å². The first-order valence-electron chi connectivity index (χ1n) is 8.07. The van der Waals surface area contributed by atoms with Gasteiger partial charge >= 0.3 is 6.09 Å². The van der Waals surface area contributed by atoms with Crippen molar-refractivity contribution in [3.8, 4) is 0 Å². The normalized spacial score (nSPS) is 27.0. The number of nitrogens with two attached hydrogens (primary N) is 1. The molecule has 0 aromatic heterocycles. The Hall–Kier alpha value is -0.810. The van der Waals surface area contributed by atoms with E-state index < -0.39 is 5.60 Å². The van der Waals surface area contributed by atoms with E-state index in [1.165, 1.54) is 6.42 Å². The maximum atomic E-state index is 11.9. The molecule has 1 rings (SSSR count). The van der Waals surface area contributed by atoms with Gasteiger partial charge in [-0.25, -0.2) is 4.79 Å². The van der Waals surface area contributed by atoms with E-state index in [0.717, 1.165) is 19.0 Å². The van der Waals surface area contributed by atoms with Gasteiger partial charge in [0.1, 0.15) is 5.60 Å². The molecule has 1 aliphatic heterocycles. The van der Waals surface area contributed by atoms with Gasteiger partial charge in [0.25, 0.3) is 0 Å². The molecule has 3 N–H and O–H groups in total. The predicted molar refractivity (Wildman–Crippen MR) is 86.2 cm³/mol. The minimum Gasteiger partial charge on any atom is -0.444 e. The average Bonchev–Trinajstić information content (AvgIpc) is 2.31. The maximum Gasteiger partial charge on any atom is 0.407 e. The lowest BCUT2D eigenvalue weighted by Crippen LogP contribution is -2.57. The van der Waals surface area contributed by atoms with Crippen LogP contribution in [0.2, 0.25) is 0 Å². The van der Waals surface area contributed by atoms with Gasteiger partial charge in [0.15, 0.2) is 0 Å². The van der Waals surface area contributed by atoms with Crippen molar-refractivity contribution in [1.82, 2.24) is 10.2 Å². The molecule has 5 nitrogen and oxygen atoms in total. The van der Waals surface area contributed by atoms with Crippen molar-refractivity contribution in [2.45, 2.75) is 65.6 Å². The highest BCUT2D eigenvalue weighted by molar-refractivity contribution is 5.68. The maximum absolute atomic E-state index is 11.9. The zero-order valence-electron chi connectivity index (χ0n) is 14.5. The molecule has 124 valence electrons. The number of amides is 1. The summed E-state index contributed by atoms with van der Waals surface area (Å²) in [4.78, 5) is 14.3. The monoisotopic (exact) mass is 299 g/mol. The number of hydrogen-bond donors (Lipinski definition) is 2. The fourth-order valence-corrected chi connectivity index (χ4v) is 2.86. The smallest absolute Gasteiger partial charge is 0.407 e. The summed E-state index contributed by atoms with van der Waals surface area (Å²) in [5.74, 6) is 1.43. The molecule has 1 aliphatic rings. The molecule has 0 spiro atoms. The fourth-order valence-electron chi connectivity index (χ4n) is 2.86. The van der Waals surface area contributed by atoms with E-state index in [2.05, 4.69) is 24.1 Å². The molecule has 0 aromatic rings. The molecule has 1 heterocycles. The Morgan fingerprint density at radius 2 is 2.00 bits per heavy atom. The number of rotatable bonds is 4. The van der Waals surface area contributed by atoms with Crippen LogP contribution >= 0.6 is 0 Å². The Bertz CT molecular complexity index is 341. The first-order valence-corrected chi connectivity index (χ1v) is 8.07. The molecule has 0 radical (unpaired) electrons. The Balaban J connectivity index is 2.57. The minimum absolute atomic E-state index is 0.0227. The van der Waals surface area contributed by atoms with Crippen LogP contribution < -0.4 is 11.1 Å². The fraction of sp³-hybridized carbons (Fsp3) is 0.938. The Morgan fingerprint density at radius 1 is 1.38 bits per heavy atom. The number of hydrogen-bond acceptors (Lipinski definition) is 4. The van der Waals surface area contributed by atoms with Crippen LogP contribution in [0.5, 0.6) is 0 Å². The second-order valence-electron chi connectivity index (χ2n) is 7.48. The first kappa shape index (κ1) is 18.2. The summed E-state index contributed by atoms with van der Waals surface area (Å²) >= 11 is 0. The van der Waals surface area contributed by atoms with Crippen LogP contribution in [0, 0.1) is 11.8 Å². The summed E-state index contributed by atoms with van der Waals surface area (Å²) in [6.07, 6.45) is 0.823. The number of nitrogens with one attached hydrogen (secondary N) is 1. The van der Waals surface area contributed by atoms with Crippen molar-refractivity contribution in [2.75, 3.05) is 19.6 Å². The molecule has 0 bridgehead atoms. The van der Waals surface area contributed by atoms with Crippen LogP contribution in [0.25, 0.3) is 0 Å². The molecule has 4 unspecified atom stereocenters. The third-order valence-corrected chi connectivity index (χ3v) is 4.40. The van der Waals surface area contributed by atoms with Crippen LogP contribution in [-0.2, 0) is 4.74 Å². The Morgan fingerprint density at radius 3 is 2.48 bits per heavy atom. The number of alkyl carbamates (subject to hydrolysis) is 1. The lowest BCUT2D eigenvalue weighted by molar-refractivity contribution is 0.0422. The van der Waals surface area contributed by atoms with Gasteiger partial charge in [-0.3, -0.25) is 4.90 Å². The van der Waals surface area contributed by atoms with E-state index in [0.29, 0.717) is 12.5 Å². The molecule has 1 amide bonds. The van der Waals surface area contributed by atoms with E-state index in [1.54, 1.807) is 0 Å². The van der Waals surface area contributed by atoms with Crippen LogP contribution in [0.3, 0.4) is 0 Å². The molecular formula is C16H33N3O2. The summed E-state index contributed by atoms with van der Waals surface area (Å²) in [5.41, 5.74) is 5.48. The lowest BCUT2D eigenvalue weighted by atomic mass is 9.87. The number of likely N-dealkylation sites (tertiary alicyclic amines) is 1. The van der Waals surface area contributed by atoms with Crippen LogP contribution in [0.15, 0.2) is 0 Å². The van der Waals surface area contributed by atoms with Gasteiger partial charge in [-0.05, 0) is 52.5 Å². The Kier molecular flexibility index (Phi) is 6.47. The highest BCUT2D eigenvalue weighted by atomic mass is 16.6. The van der Waals surface area contributed by atoms with Gasteiger partial charge < -0.3 is 15.8 Å². The molecule has 4 atom stereocenters. The van der Waals surface area contributed by atoms with Crippen LogP contribution in [0.4, 0.5) is 4.79 Å². The molecule has 5 heteroatoms. The summed E-state index contributed by atoms with van der Waals surface area (Å²) in [6.45, 7) is 14.8. The second-order valence-corrected chi connectivity index (χ2v) is 7.48. The summed E-state index contributed by atoms with van der Waals surface area (Å²) in [7, 11) is 0. The number of piperidine rings is 1. The predicted octanol–water partition coefficient (Wildman–Crippen LogP) is 2.20. The van der Waals surface area contributed by atoms with Crippen molar-refractivity contribution in [2.24, 2.45) is 17.6 Å². The van der Waals surface area contributed by atoms with E-state index in [9.17, 15) is 4.79 Å². The van der Waals surface area contributed by atoms with Crippen LogP contribution in [0.1, 0.15) is 48.0 Å². The van der Waals surface area contributed by atoms with E-state index in [4.69, 9.17) is 10.5 Å². The largest absolute Gasteiger partial charge is 0.444 e. The SMILES string of the molecule is CC1CCN(C(CN)C(C)NC(=O)OC(C)(C)C)CC1C. The van der Waals surface area contributed by atoms with Crippen molar-refractivity contribution >= 4 is 6.09 Å². The third kappa shape index (κ3) is 5.83. The zero-order chi connectivity index (χ0) is 16.2. The minimum atomic E-state index is -0.475. The lowest BCUT2D eigenvalue weighted by Gasteiger charge is -2.42. The number of nitrogens with zero attached hydrogens (tertiary/aromatic N) is 1. The summed E-state index contributed by atoms with van der Waals surface area (Å²) < 4.78 is 5.32. The van der Waals surface area contributed by atoms with Gasteiger partial charge in [-0.2, -0.15) is 0 Å². The second kappa shape index (κ2) is 7.45. The zero-order valence-corrected chi connectivity index (χ0v) is 14.5. The van der Waals surface area contributed by atoms with E-state index in [-0.39, 0.29) is 18.2 Å². The highest BCUT2D eigenvalue weighted by Crippen LogP contribution is 2.24. The van der Waals surface area contributed by atoms with Crippen LogP contribution in [-0.4, -0.2) is 48.3 Å². The van der Waals surface area contributed by atoms with E-state index in [1.807, 2.05) is 27.7 Å². The van der Waals surface area contributed by atoms with Crippen molar-refractivity contribution in [1.29, 1.82) is 0 Å². The van der Waals surface area contributed by atoms with Crippen molar-refractivity contribution in [3.63, 3.8) is 0 Å². The van der Waals surface area contributed by atoms with Gasteiger partial charge in [-0.15, -0.1) is 0 Å². The highest BCUT2D eigenvalue weighted by Gasteiger charge is 2.31. The third-order valence-electron chi connectivity index (χ3n) is 4.40. The van der Waals surface area contributed by atoms with Gasteiger partial charge in [0.05, 0.1) is 0 Å². The number of carbonyl (C=O) groups excluding carboxylic acids is 1. The standard InChI is InChI=1S/C16H33N3O2/c1-11-7-8-19(10-12(11)2)14(9-17)13(3)18-15(20)21-16(4,5)6/h11-14H,7-10,17H2,1-6H3,(H,18,20). The number of ether oxygens (including phenoxy) is 1. The molecule has 0 aromatic carbocycles. The summed E-state index contributed by atoms with van der Waals surface area (Å²) in [6, 6.07) is 0.137. The average molecular weight is 299 g/mol. The molecule has 0 saturated carbocycles. The molecule has 1 fully saturated rings. The molecular weight excluding hydrogens is 266 g/mol. The van der Waals surface area contributed by atoms with Crippen molar-refractivity contribution < 1.29 is 9.53 Å². The molecule has 21 heavy (non-hydrogen) atoms. The van der Waals surface area contributed by atoms with E-state index >= 15 is 0 Å².